The lowest BCUT2D eigenvalue weighted by atomic mass is 10.2. The molecule has 0 saturated heterocycles. The summed E-state index contributed by atoms with van der Waals surface area (Å²) in [6.45, 7) is 1.71. The van der Waals surface area contributed by atoms with Crippen molar-refractivity contribution in [3.63, 3.8) is 0 Å². The second kappa shape index (κ2) is 10.5. The Labute approximate surface area is 122 Å². The van der Waals surface area contributed by atoms with Crippen LogP contribution in [0.2, 0.25) is 0 Å². The molecule has 3 nitrogen and oxygen atoms in total. The monoisotopic (exact) mass is 362 g/mol. The Morgan fingerprint density at radius 1 is 1.22 bits per heavy atom. The van der Waals surface area contributed by atoms with Crippen LogP contribution in [0.1, 0.15) is 18.4 Å². The minimum absolute atomic E-state index is 0.110. The summed E-state index contributed by atoms with van der Waals surface area (Å²) >= 11 is 2.23. The number of halogens is 1. The number of hydrogen-bond donors (Lipinski definition) is 1. The van der Waals surface area contributed by atoms with Crippen molar-refractivity contribution in [2.75, 3.05) is 20.0 Å². The standard InChI is InChI=1S/C14H19IO3/c15-14(8-9-16)7-4-10-17-12-18-11-13-5-2-1-3-6-13/h1-3,5-6,8,16H,4,7,9-12H2/b14-8-. The van der Waals surface area contributed by atoms with Gasteiger partial charge >= 0.3 is 0 Å². The number of aliphatic hydroxyl groups excluding tert-OH is 1. The largest absolute Gasteiger partial charge is 0.392 e. The number of allylic oxidation sites excluding steroid dienone is 1. The van der Waals surface area contributed by atoms with Crippen molar-refractivity contribution >= 4 is 22.6 Å². The number of ether oxygens (including phenoxy) is 2. The van der Waals surface area contributed by atoms with E-state index in [4.69, 9.17) is 14.6 Å². The summed E-state index contributed by atoms with van der Waals surface area (Å²) in [6.07, 6.45) is 3.70. The van der Waals surface area contributed by atoms with Crippen molar-refractivity contribution in [2.24, 2.45) is 0 Å². The lowest BCUT2D eigenvalue weighted by Crippen LogP contribution is -2.01. The van der Waals surface area contributed by atoms with Crippen molar-refractivity contribution in [2.45, 2.75) is 19.4 Å². The van der Waals surface area contributed by atoms with Crippen molar-refractivity contribution in [1.82, 2.24) is 0 Å². The van der Waals surface area contributed by atoms with Gasteiger partial charge in [-0.25, -0.2) is 0 Å². The average Bonchev–Trinajstić information content (AvgIpc) is 2.39. The molecular formula is C14H19IO3. The van der Waals surface area contributed by atoms with Gasteiger partial charge in [-0.2, -0.15) is 0 Å². The molecule has 0 aliphatic rings. The molecule has 18 heavy (non-hydrogen) atoms. The molecular weight excluding hydrogens is 343 g/mol. The topological polar surface area (TPSA) is 38.7 Å². The van der Waals surface area contributed by atoms with Gasteiger partial charge in [-0.3, -0.25) is 0 Å². The van der Waals surface area contributed by atoms with Gasteiger partial charge in [0.05, 0.1) is 13.2 Å². The predicted octanol–water partition coefficient (Wildman–Crippen LogP) is 3.27. The molecule has 100 valence electrons. The van der Waals surface area contributed by atoms with Crippen LogP contribution in [0, 0.1) is 0 Å². The summed E-state index contributed by atoms with van der Waals surface area (Å²) in [4.78, 5) is 0. The molecule has 0 aromatic heterocycles. The third-order valence-electron chi connectivity index (χ3n) is 2.30. The lowest BCUT2D eigenvalue weighted by Gasteiger charge is -2.05. The zero-order chi connectivity index (χ0) is 13.1. The number of rotatable bonds is 9. The summed E-state index contributed by atoms with van der Waals surface area (Å²) in [5.74, 6) is 0. The van der Waals surface area contributed by atoms with E-state index in [0.29, 0.717) is 20.0 Å². The van der Waals surface area contributed by atoms with Crippen molar-refractivity contribution < 1.29 is 14.6 Å². The van der Waals surface area contributed by atoms with Crippen LogP contribution in [0.15, 0.2) is 40.0 Å². The maximum Gasteiger partial charge on any atom is 0.147 e. The van der Waals surface area contributed by atoms with Gasteiger partial charge in [0.1, 0.15) is 6.79 Å². The van der Waals surface area contributed by atoms with Crippen molar-refractivity contribution in [3.05, 3.63) is 45.6 Å². The van der Waals surface area contributed by atoms with Crippen LogP contribution in [-0.2, 0) is 16.1 Å². The van der Waals surface area contributed by atoms with Crippen LogP contribution in [-0.4, -0.2) is 25.1 Å². The molecule has 0 atom stereocenters. The zero-order valence-electron chi connectivity index (χ0n) is 10.3. The number of benzene rings is 1. The van der Waals surface area contributed by atoms with Crippen molar-refractivity contribution in [1.29, 1.82) is 0 Å². The molecule has 0 bridgehead atoms. The molecule has 1 aromatic rings. The third-order valence-corrected chi connectivity index (χ3v) is 3.28. The van der Waals surface area contributed by atoms with Crippen LogP contribution in [0.4, 0.5) is 0 Å². The molecule has 0 radical (unpaired) electrons. The average molecular weight is 362 g/mol. The third kappa shape index (κ3) is 7.81. The van der Waals surface area contributed by atoms with Crippen LogP contribution in [0.3, 0.4) is 0 Å². The van der Waals surface area contributed by atoms with E-state index in [1.165, 1.54) is 3.58 Å². The maximum atomic E-state index is 8.69. The summed E-state index contributed by atoms with van der Waals surface area (Å²) in [5, 5.41) is 8.69. The lowest BCUT2D eigenvalue weighted by molar-refractivity contribution is -0.0618. The van der Waals surface area contributed by atoms with Crippen LogP contribution in [0.25, 0.3) is 0 Å². The Morgan fingerprint density at radius 3 is 2.72 bits per heavy atom. The Kier molecular flexibility index (Phi) is 9.11. The molecule has 0 amide bonds. The van der Waals surface area contributed by atoms with E-state index in [0.717, 1.165) is 18.4 Å². The van der Waals surface area contributed by atoms with Gasteiger partial charge in [0.2, 0.25) is 0 Å². The highest BCUT2D eigenvalue weighted by Gasteiger charge is 1.94. The Morgan fingerprint density at radius 2 is 2.00 bits per heavy atom. The fourth-order valence-electron chi connectivity index (χ4n) is 1.40. The summed E-state index contributed by atoms with van der Waals surface area (Å²) < 4.78 is 11.9. The zero-order valence-corrected chi connectivity index (χ0v) is 12.5. The molecule has 0 aliphatic carbocycles. The molecule has 0 fully saturated rings. The van der Waals surface area contributed by atoms with Gasteiger partial charge in [0.25, 0.3) is 0 Å². The normalized spacial score (nSPS) is 11.8. The van der Waals surface area contributed by atoms with E-state index in [2.05, 4.69) is 22.6 Å². The Balaban J connectivity index is 1.95. The van der Waals surface area contributed by atoms with E-state index in [1.807, 2.05) is 36.4 Å². The second-order valence-electron chi connectivity index (χ2n) is 3.80. The molecule has 4 heteroatoms. The molecule has 1 N–H and O–H groups in total. The van der Waals surface area contributed by atoms with Gasteiger partial charge in [0, 0.05) is 6.61 Å². The molecule has 0 unspecified atom stereocenters. The first-order valence-corrected chi connectivity index (χ1v) is 7.05. The maximum absolute atomic E-state index is 8.69. The van der Waals surface area contributed by atoms with Gasteiger partial charge < -0.3 is 14.6 Å². The Hall–Kier alpha value is -0.430. The van der Waals surface area contributed by atoms with Gasteiger partial charge in [-0.1, -0.05) is 30.3 Å². The summed E-state index contributed by atoms with van der Waals surface area (Å²) in [6, 6.07) is 10.0. The highest BCUT2D eigenvalue weighted by atomic mass is 127. The van der Waals surface area contributed by atoms with Crippen LogP contribution < -0.4 is 0 Å². The smallest absolute Gasteiger partial charge is 0.147 e. The fourth-order valence-corrected chi connectivity index (χ4v) is 1.97. The van der Waals surface area contributed by atoms with Crippen LogP contribution >= 0.6 is 22.6 Å². The number of hydrogen-bond acceptors (Lipinski definition) is 3. The molecule has 1 rings (SSSR count). The van der Waals surface area contributed by atoms with Crippen molar-refractivity contribution in [3.8, 4) is 0 Å². The molecule has 0 aliphatic heterocycles. The molecule has 0 heterocycles. The number of aliphatic hydroxyl groups is 1. The SMILES string of the molecule is OC/C=C(\I)CCCOCOCc1ccccc1. The highest BCUT2D eigenvalue weighted by molar-refractivity contribution is 14.1. The first-order chi connectivity index (χ1) is 8.83. The second-order valence-corrected chi connectivity index (χ2v) is 5.18. The summed E-state index contributed by atoms with van der Waals surface area (Å²) in [7, 11) is 0. The van der Waals surface area contributed by atoms with Gasteiger partial charge in [-0.15, -0.1) is 0 Å². The quantitative estimate of drug-likeness (QED) is 0.416. The van der Waals surface area contributed by atoms with E-state index >= 15 is 0 Å². The predicted molar refractivity (Wildman–Crippen MR) is 80.5 cm³/mol. The van der Waals surface area contributed by atoms with Crippen LogP contribution in [0.5, 0.6) is 0 Å². The van der Waals surface area contributed by atoms with E-state index in [1.54, 1.807) is 0 Å². The molecule has 0 spiro atoms. The first-order valence-electron chi connectivity index (χ1n) is 5.97. The minimum Gasteiger partial charge on any atom is -0.392 e. The highest BCUT2D eigenvalue weighted by Crippen LogP contribution is 2.12. The molecule has 1 aromatic carbocycles. The summed E-state index contributed by atoms with van der Waals surface area (Å²) in [5.41, 5.74) is 1.15. The Bertz CT molecular complexity index is 338. The van der Waals surface area contributed by atoms with E-state index in [-0.39, 0.29) is 6.61 Å². The van der Waals surface area contributed by atoms with Gasteiger partial charge in [-0.05, 0) is 50.7 Å². The first kappa shape index (κ1) is 15.6. The van der Waals surface area contributed by atoms with Gasteiger partial charge in [0.15, 0.2) is 0 Å². The fraction of sp³-hybridized carbons (Fsp3) is 0.429. The van der Waals surface area contributed by atoms with E-state index < -0.39 is 0 Å². The van der Waals surface area contributed by atoms with E-state index in [9.17, 15) is 0 Å². The minimum atomic E-state index is 0.110. The molecule has 0 saturated carbocycles.